The van der Waals surface area contributed by atoms with Crippen LogP contribution < -0.4 is 4.90 Å². The molecule has 1 aromatic rings. The second-order valence-electron chi connectivity index (χ2n) is 4.94. The zero-order valence-corrected chi connectivity index (χ0v) is 11.5. The number of hydrogen-bond acceptors (Lipinski definition) is 4. The highest BCUT2D eigenvalue weighted by Gasteiger charge is 2.20. The number of rotatable bonds is 3. The molecule has 0 amide bonds. The molecule has 1 aliphatic rings. The standard InChI is InChI=1S/C12H18ClFN4/c1-17-5-3-9(4-6-17)8-18(2)11-10(14)7-15-12(13)16-11/h7,9H,3-6,8H2,1-2H3. The van der Waals surface area contributed by atoms with Crippen LogP contribution in [0.3, 0.4) is 0 Å². The van der Waals surface area contributed by atoms with Gasteiger partial charge in [-0.15, -0.1) is 0 Å². The molecule has 0 radical (unpaired) electrons. The van der Waals surface area contributed by atoms with E-state index in [1.807, 2.05) is 11.9 Å². The van der Waals surface area contributed by atoms with Crippen molar-refractivity contribution in [1.29, 1.82) is 0 Å². The Balaban J connectivity index is 1.98. The molecule has 2 rings (SSSR count). The van der Waals surface area contributed by atoms with E-state index in [0.717, 1.165) is 38.7 Å². The van der Waals surface area contributed by atoms with Gasteiger partial charge in [0.05, 0.1) is 6.20 Å². The van der Waals surface area contributed by atoms with Crippen LogP contribution >= 0.6 is 11.6 Å². The van der Waals surface area contributed by atoms with Crippen molar-refractivity contribution in [3.63, 3.8) is 0 Å². The van der Waals surface area contributed by atoms with Gasteiger partial charge in [-0.1, -0.05) is 0 Å². The molecule has 2 heterocycles. The lowest BCUT2D eigenvalue weighted by molar-refractivity contribution is 0.222. The lowest BCUT2D eigenvalue weighted by atomic mass is 9.97. The molecule has 0 aliphatic carbocycles. The number of aromatic nitrogens is 2. The molecule has 0 atom stereocenters. The van der Waals surface area contributed by atoms with Crippen LogP contribution in [0.5, 0.6) is 0 Å². The summed E-state index contributed by atoms with van der Waals surface area (Å²) in [6.45, 7) is 3.01. The lowest BCUT2D eigenvalue weighted by Crippen LogP contribution is -2.36. The Hall–Kier alpha value is -0.940. The summed E-state index contributed by atoms with van der Waals surface area (Å²) in [5.41, 5.74) is 0. The van der Waals surface area contributed by atoms with E-state index in [1.165, 1.54) is 0 Å². The topological polar surface area (TPSA) is 32.3 Å². The van der Waals surface area contributed by atoms with E-state index in [0.29, 0.717) is 5.92 Å². The van der Waals surface area contributed by atoms with Crippen LogP contribution in [0.1, 0.15) is 12.8 Å². The van der Waals surface area contributed by atoms with Gasteiger partial charge >= 0.3 is 0 Å². The van der Waals surface area contributed by atoms with Crippen LogP contribution in [0.4, 0.5) is 10.2 Å². The van der Waals surface area contributed by atoms with Gasteiger partial charge in [-0.25, -0.2) is 9.37 Å². The summed E-state index contributed by atoms with van der Waals surface area (Å²) in [4.78, 5) is 11.7. The van der Waals surface area contributed by atoms with Gasteiger partial charge in [-0.3, -0.25) is 0 Å². The SMILES string of the molecule is CN1CCC(CN(C)c2nc(Cl)ncc2F)CC1. The van der Waals surface area contributed by atoms with E-state index in [4.69, 9.17) is 11.6 Å². The molecule has 0 saturated carbocycles. The first kappa shape index (κ1) is 13.5. The predicted octanol–water partition coefficient (Wildman–Crippen LogP) is 2.05. The van der Waals surface area contributed by atoms with Gasteiger partial charge < -0.3 is 9.80 Å². The third-order valence-electron chi connectivity index (χ3n) is 3.43. The maximum absolute atomic E-state index is 13.6. The largest absolute Gasteiger partial charge is 0.357 e. The van der Waals surface area contributed by atoms with Crippen molar-refractivity contribution in [3.05, 3.63) is 17.3 Å². The molecule has 0 unspecified atom stereocenters. The molecule has 100 valence electrons. The molecule has 1 aromatic heterocycles. The van der Waals surface area contributed by atoms with Crippen LogP contribution in [-0.4, -0.2) is 48.6 Å². The van der Waals surface area contributed by atoms with E-state index >= 15 is 0 Å². The quantitative estimate of drug-likeness (QED) is 0.789. The Morgan fingerprint density at radius 2 is 2.17 bits per heavy atom. The fourth-order valence-corrected chi connectivity index (χ4v) is 2.45. The van der Waals surface area contributed by atoms with Crippen LogP contribution in [0.25, 0.3) is 0 Å². The van der Waals surface area contributed by atoms with Gasteiger partial charge in [-0.2, -0.15) is 4.98 Å². The molecule has 1 saturated heterocycles. The summed E-state index contributed by atoms with van der Waals surface area (Å²) in [7, 11) is 3.98. The highest BCUT2D eigenvalue weighted by molar-refractivity contribution is 6.28. The molecule has 0 N–H and O–H groups in total. The number of anilines is 1. The first-order valence-corrected chi connectivity index (χ1v) is 6.52. The maximum Gasteiger partial charge on any atom is 0.224 e. The fourth-order valence-electron chi connectivity index (χ4n) is 2.32. The summed E-state index contributed by atoms with van der Waals surface area (Å²) in [6.07, 6.45) is 3.40. The highest BCUT2D eigenvalue weighted by Crippen LogP contribution is 2.21. The van der Waals surface area contributed by atoms with Crippen LogP contribution in [0.2, 0.25) is 5.28 Å². The van der Waals surface area contributed by atoms with Gasteiger partial charge in [0.25, 0.3) is 0 Å². The van der Waals surface area contributed by atoms with Gasteiger partial charge in [-0.05, 0) is 50.5 Å². The van der Waals surface area contributed by atoms with Crippen molar-refractivity contribution in [2.45, 2.75) is 12.8 Å². The number of likely N-dealkylation sites (tertiary alicyclic amines) is 1. The number of halogens is 2. The van der Waals surface area contributed by atoms with Gasteiger partial charge in [0.15, 0.2) is 11.6 Å². The Labute approximate surface area is 112 Å². The zero-order chi connectivity index (χ0) is 13.1. The Kier molecular flexibility index (Phi) is 4.35. The highest BCUT2D eigenvalue weighted by atomic mass is 35.5. The molecular weight excluding hydrogens is 255 g/mol. The van der Waals surface area contributed by atoms with Crippen molar-refractivity contribution < 1.29 is 4.39 Å². The minimum absolute atomic E-state index is 0.0848. The molecule has 4 nitrogen and oxygen atoms in total. The number of hydrogen-bond donors (Lipinski definition) is 0. The zero-order valence-electron chi connectivity index (χ0n) is 10.7. The molecule has 0 aromatic carbocycles. The first-order valence-electron chi connectivity index (χ1n) is 6.14. The third kappa shape index (κ3) is 3.29. The van der Waals surface area contributed by atoms with E-state index < -0.39 is 5.82 Å². The maximum atomic E-state index is 13.6. The van der Waals surface area contributed by atoms with Crippen LogP contribution in [-0.2, 0) is 0 Å². The van der Waals surface area contributed by atoms with Gasteiger partial charge in [0.2, 0.25) is 5.28 Å². The summed E-state index contributed by atoms with van der Waals surface area (Å²) in [5.74, 6) is 0.447. The molecule has 1 aliphatic heterocycles. The second-order valence-corrected chi connectivity index (χ2v) is 5.28. The average Bonchev–Trinajstić information content (AvgIpc) is 2.35. The fraction of sp³-hybridized carbons (Fsp3) is 0.667. The summed E-state index contributed by atoms with van der Waals surface area (Å²) >= 11 is 5.70. The van der Waals surface area contributed by atoms with E-state index in [1.54, 1.807) is 0 Å². The number of piperidine rings is 1. The molecule has 0 spiro atoms. The summed E-state index contributed by atoms with van der Waals surface area (Å²) in [5, 5.41) is 0.0848. The van der Waals surface area contributed by atoms with Crippen LogP contribution in [0.15, 0.2) is 6.20 Å². The minimum Gasteiger partial charge on any atom is -0.357 e. The smallest absolute Gasteiger partial charge is 0.224 e. The summed E-state index contributed by atoms with van der Waals surface area (Å²) < 4.78 is 13.6. The first-order chi connectivity index (χ1) is 8.56. The molecule has 1 fully saturated rings. The molecule has 0 bridgehead atoms. The minimum atomic E-state index is -0.421. The molecular formula is C12H18ClFN4. The van der Waals surface area contributed by atoms with Crippen molar-refractivity contribution in [2.24, 2.45) is 5.92 Å². The van der Waals surface area contributed by atoms with Crippen LogP contribution in [0, 0.1) is 11.7 Å². The Morgan fingerprint density at radius 1 is 1.50 bits per heavy atom. The molecule has 18 heavy (non-hydrogen) atoms. The predicted molar refractivity (Wildman–Crippen MR) is 70.5 cm³/mol. The Bertz CT molecular complexity index is 407. The normalized spacial score (nSPS) is 18.0. The lowest BCUT2D eigenvalue weighted by Gasteiger charge is -2.32. The third-order valence-corrected chi connectivity index (χ3v) is 3.61. The van der Waals surface area contributed by atoms with Gasteiger partial charge in [0, 0.05) is 13.6 Å². The van der Waals surface area contributed by atoms with Crippen molar-refractivity contribution in [2.75, 3.05) is 38.6 Å². The van der Waals surface area contributed by atoms with Crippen molar-refractivity contribution in [1.82, 2.24) is 14.9 Å². The monoisotopic (exact) mass is 272 g/mol. The van der Waals surface area contributed by atoms with Gasteiger partial charge in [0.1, 0.15) is 0 Å². The van der Waals surface area contributed by atoms with Crippen molar-refractivity contribution in [3.8, 4) is 0 Å². The van der Waals surface area contributed by atoms with E-state index in [2.05, 4.69) is 21.9 Å². The summed E-state index contributed by atoms with van der Waals surface area (Å²) in [6, 6.07) is 0. The molecule has 6 heteroatoms. The second kappa shape index (κ2) is 5.80. The number of nitrogens with zero attached hydrogens (tertiary/aromatic N) is 4. The van der Waals surface area contributed by atoms with Crippen molar-refractivity contribution >= 4 is 17.4 Å². The Morgan fingerprint density at radius 3 is 2.83 bits per heavy atom. The van der Waals surface area contributed by atoms with E-state index in [9.17, 15) is 4.39 Å². The average molecular weight is 273 g/mol. The van der Waals surface area contributed by atoms with E-state index in [-0.39, 0.29) is 11.1 Å².